The van der Waals surface area contributed by atoms with Crippen LogP contribution in [-0.4, -0.2) is 16.3 Å². The molecule has 1 aliphatic rings. The van der Waals surface area contributed by atoms with Gasteiger partial charge >= 0.3 is 6.18 Å². The summed E-state index contributed by atoms with van der Waals surface area (Å²) in [4.78, 5) is 0.982. The van der Waals surface area contributed by atoms with Crippen LogP contribution < -0.4 is 5.32 Å². The number of anilines is 1. The fourth-order valence-corrected chi connectivity index (χ4v) is 3.91. The van der Waals surface area contributed by atoms with Gasteiger partial charge in [-0.15, -0.1) is 11.3 Å². The summed E-state index contributed by atoms with van der Waals surface area (Å²) in [6.07, 6.45) is -3.66. The molecule has 0 unspecified atom stereocenters. The normalized spacial score (nSPS) is 13.8. The summed E-state index contributed by atoms with van der Waals surface area (Å²) < 4.78 is 41.5. The first-order valence-corrected chi connectivity index (χ1v) is 8.41. The van der Waals surface area contributed by atoms with Crippen molar-refractivity contribution >= 4 is 17.2 Å². The minimum Gasteiger partial charge on any atom is -0.369 e. The summed E-state index contributed by atoms with van der Waals surface area (Å²) in [6, 6.07) is 7.56. The Morgan fingerprint density at radius 3 is 2.75 bits per heavy atom. The molecule has 24 heavy (non-hydrogen) atoms. The van der Waals surface area contributed by atoms with Crippen molar-refractivity contribution in [2.24, 2.45) is 0 Å². The highest BCUT2D eigenvalue weighted by Gasteiger charge is 2.35. The number of benzene rings is 1. The number of fused-ring (bicyclic) bond motifs is 1. The molecule has 3 nitrogen and oxygen atoms in total. The molecule has 1 N–H and O–H groups in total. The second-order valence-corrected chi connectivity index (χ2v) is 6.68. The Kier molecular flexibility index (Phi) is 3.42. The number of alkyl halides is 3. The highest BCUT2D eigenvalue weighted by atomic mass is 32.1. The first-order chi connectivity index (χ1) is 11.4. The predicted octanol–water partition coefficient (Wildman–Crippen LogP) is 4.90. The zero-order chi connectivity index (χ0) is 16.9. The second kappa shape index (κ2) is 5.37. The Bertz CT molecular complexity index is 908. The highest BCUT2D eigenvalue weighted by Crippen LogP contribution is 2.40. The van der Waals surface area contributed by atoms with Crippen LogP contribution in [0.5, 0.6) is 0 Å². The number of nitrogens with one attached hydrogen (secondary N) is 1. The Hall–Kier alpha value is -2.28. The van der Waals surface area contributed by atoms with Crippen LogP contribution in [0.3, 0.4) is 0 Å². The topological polar surface area (TPSA) is 29.9 Å². The van der Waals surface area contributed by atoms with E-state index in [-0.39, 0.29) is 5.69 Å². The molecule has 3 heterocycles. The number of halogens is 3. The molecule has 0 aliphatic carbocycles. The van der Waals surface area contributed by atoms with E-state index < -0.39 is 11.7 Å². The first kappa shape index (κ1) is 15.3. The van der Waals surface area contributed by atoms with Crippen molar-refractivity contribution in [1.82, 2.24) is 9.78 Å². The quantitative estimate of drug-likeness (QED) is 0.713. The lowest BCUT2D eigenvalue weighted by atomic mass is 10.1. The summed E-state index contributed by atoms with van der Waals surface area (Å²) in [5.41, 5.74) is 2.24. The zero-order valence-corrected chi connectivity index (χ0v) is 13.6. The smallest absolute Gasteiger partial charge is 0.369 e. The van der Waals surface area contributed by atoms with Gasteiger partial charge in [0.05, 0.1) is 16.1 Å². The van der Waals surface area contributed by atoms with Gasteiger partial charge in [-0.25, -0.2) is 4.68 Å². The molecular formula is C17H14F3N3S. The van der Waals surface area contributed by atoms with Crippen LogP contribution in [0.25, 0.3) is 16.3 Å². The van der Waals surface area contributed by atoms with E-state index >= 15 is 0 Å². The van der Waals surface area contributed by atoms with Gasteiger partial charge in [0.15, 0.2) is 0 Å². The van der Waals surface area contributed by atoms with Gasteiger partial charge in [-0.1, -0.05) is 12.1 Å². The van der Waals surface area contributed by atoms with Crippen molar-refractivity contribution in [2.75, 3.05) is 11.9 Å². The summed E-state index contributed by atoms with van der Waals surface area (Å²) in [7, 11) is 0. The lowest BCUT2D eigenvalue weighted by Gasteiger charge is -2.14. The second-order valence-electron chi connectivity index (χ2n) is 5.77. The van der Waals surface area contributed by atoms with E-state index in [2.05, 4.69) is 10.4 Å². The van der Waals surface area contributed by atoms with Gasteiger partial charge in [0.1, 0.15) is 11.5 Å². The van der Waals surface area contributed by atoms with E-state index in [0.29, 0.717) is 12.4 Å². The molecule has 0 saturated heterocycles. The number of hydrogen-bond acceptors (Lipinski definition) is 3. The van der Waals surface area contributed by atoms with Crippen molar-refractivity contribution in [1.29, 1.82) is 0 Å². The van der Waals surface area contributed by atoms with Gasteiger partial charge in [-0.05, 0) is 42.5 Å². The molecule has 0 fully saturated rings. The minimum absolute atomic E-state index is 0.0511. The molecule has 1 aliphatic heterocycles. The molecule has 0 saturated carbocycles. The SMILES string of the molecule is Cc1csc(-c2nn(-c3ccccc3C(F)(F)F)c3c2CCN3)c1. The van der Waals surface area contributed by atoms with Crippen molar-refractivity contribution in [3.8, 4) is 16.3 Å². The summed E-state index contributed by atoms with van der Waals surface area (Å²) in [5, 5.41) is 9.73. The van der Waals surface area contributed by atoms with Crippen LogP contribution in [0.15, 0.2) is 35.7 Å². The van der Waals surface area contributed by atoms with Gasteiger partial charge in [-0.3, -0.25) is 0 Å². The van der Waals surface area contributed by atoms with Gasteiger partial charge in [-0.2, -0.15) is 18.3 Å². The molecule has 0 amide bonds. The third-order valence-corrected chi connectivity index (χ3v) is 5.11. The maximum absolute atomic E-state index is 13.4. The molecule has 4 rings (SSSR count). The van der Waals surface area contributed by atoms with E-state index in [1.165, 1.54) is 16.8 Å². The Morgan fingerprint density at radius 2 is 2.04 bits per heavy atom. The Morgan fingerprint density at radius 1 is 1.25 bits per heavy atom. The number of nitrogens with zero attached hydrogens (tertiary/aromatic N) is 2. The fourth-order valence-electron chi connectivity index (χ4n) is 3.00. The zero-order valence-electron chi connectivity index (χ0n) is 12.8. The largest absolute Gasteiger partial charge is 0.418 e. The van der Waals surface area contributed by atoms with Crippen LogP contribution in [0, 0.1) is 6.92 Å². The molecule has 3 aromatic rings. The van der Waals surface area contributed by atoms with Crippen molar-refractivity contribution in [3.05, 3.63) is 52.4 Å². The highest BCUT2D eigenvalue weighted by molar-refractivity contribution is 7.13. The molecule has 7 heteroatoms. The van der Waals surface area contributed by atoms with Gasteiger partial charge < -0.3 is 5.32 Å². The number of aryl methyl sites for hydroxylation is 1. The molecule has 0 spiro atoms. The van der Waals surface area contributed by atoms with Crippen LogP contribution in [0.2, 0.25) is 0 Å². The Labute approximate surface area is 140 Å². The number of thiophene rings is 1. The van der Waals surface area contributed by atoms with Crippen LogP contribution in [0.4, 0.5) is 19.0 Å². The summed E-state index contributed by atoms with van der Waals surface area (Å²) in [5.74, 6) is 0.660. The van der Waals surface area contributed by atoms with E-state index in [0.717, 1.165) is 34.2 Å². The number of para-hydroxylation sites is 1. The Balaban J connectivity index is 1.93. The lowest BCUT2D eigenvalue weighted by Crippen LogP contribution is -2.13. The average molecular weight is 349 g/mol. The minimum atomic E-state index is -4.42. The van der Waals surface area contributed by atoms with Gasteiger partial charge in [0.2, 0.25) is 0 Å². The number of hydrogen-bond donors (Lipinski definition) is 1. The van der Waals surface area contributed by atoms with Crippen molar-refractivity contribution < 1.29 is 13.2 Å². The predicted molar refractivity (Wildman–Crippen MR) is 88.8 cm³/mol. The maximum atomic E-state index is 13.4. The van der Waals surface area contributed by atoms with Crippen LogP contribution in [0.1, 0.15) is 16.7 Å². The number of aromatic nitrogens is 2. The molecule has 0 bridgehead atoms. The van der Waals surface area contributed by atoms with Crippen LogP contribution in [-0.2, 0) is 12.6 Å². The molecule has 0 atom stereocenters. The van der Waals surface area contributed by atoms with E-state index in [1.807, 2.05) is 18.4 Å². The monoisotopic (exact) mass is 349 g/mol. The van der Waals surface area contributed by atoms with Crippen molar-refractivity contribution in [2.45, 2.75) is 19.5 Å². The summed E-state index contributed by atoms with van der Waals surface area (Å²) in [6.45, 7) is 2.70. The standard InChI is InChI=1S/C17H14F3N3S/c1-10-8-14(24-9-10)15-11-6-7-21-16(11)23(22-15)13-5-3-2-4-12(13)17(18,19)20/h2-5,8-9,21H,6-7H2,1H3. The van der Waals surface area contributed by atoms with E-state index in [9.17, 15) is 13.2 Å². The lowest BCUT2D eigenvalue weighted by molar-refractivity contribution is -0.137. The molecule has 0 radical (unpaired) electrons. The van der Waals surface area contributed by atoms with Crippen LogP contribution >= 0.6 is 11.3 Å². The number of rotatable bonds is 2. The first-order valence-electron chi connectivity index (χ1n) is 7.53. The third kappa shape index (κ3) is 2.39. The molecule has 1 aromatic carbocycles. The molecular weight excluding hydrogens is 335 g/mol. The van der Waals surface area contributed by atoms with Gasteiger partial charge in [0.25, 0.3) is 0 Å². The van der Waals surface area contributed by atoms with Crippen molar-refractivity contribution in [3.63, 3.8) is 0 Å². The molecule has 2 aromatic heterocycles. The molecule has 124 valence electrons. The average Bonchev–Trinajstić information content (AvgIpc) is 3.22. The van der Waals surface area contributed by atoms with E-state index in [1.54, 1.807) is 17.4 Å². The summed E-state index contributed by atoms with van der Waals surface area (Å²) >= 11 is 1.56. The van der Waals surface area contributed by atoms with E-state index in [4.69, 9.17) is 0 Å². The van der Waals surface area contributed by atoms with Gasteiger partial charge in [0, 0.05) is 12.1 Å². The fraction of sp³-hybridized carbons (Fsp3) is 0.235. The maximum Gasteiger partial charge on any atom is 0.418 e. The third-order valence-electron chi connectivity index (χ3n) is 4.05.